The van der Waals surface area contributed by atoms with Gasteiger partial charge in [-0.25, -0.2) is 0 Å². The summed E-state index contributed by atoms with van der Waals surface area (Å²) >= 11 is 0. The van der Waals surface area contributed by atoms with Gasteiger partial charge < -0.3 is 9.84 Å². The molecule has 3 nitrogen and oxygen atoms in total. The predicted molar refractivity (Wildman–Crippen MR) is 53.0 cm³/mol. The fourth-order valence-electron chi connectivity index (χ4n) is 1.28. The minimum absolute atomic E-state index is 0.0526. The van der Waals surface area contributed by atoms with Crippen LogP contribution in [0.3, 0.4) is 0 Å². The van der Waals surface area contributed by atoms with Crippen LogP contribution in [0.1, 0.15) is 31.9 Å². The summed E-state index contributed by atoms with van der Waals surface area (Å²) in [4.78, 5) is 10.9. The Morgan fingerprint density at radius 1 is 1.36 bits per heavy atom. The Morgan fingerprint density at radius 3 is 2.71 bits per heavy atom. The molecule has 1 N–H and O–H groups in total. The van der Waals surface area contributed by atoms with Crippen LogP contribution in [-0.2, 0) is 4.79 Å². The average Bonchev–Trinajstić information content (AvgIpc) is 2.20. The third-order valence-electron chi connectivity index (χ3n) is 1.86. The standard InChI is InChI=1S/C9H8O3.C2H6/c10-7-5-9(11)12-8-4-2-1-3-6(7)8;1-2/h1-4,7,10H,5H2;1-2H3. The Labute approximate surface area is 83.3 Å². The zero-order valence-corrected chi connectivity index (χ0v) is 8.36. The molecule has 0 fully saturated rings. The van der Waals surface area contributed by atoms with E-state index in [4.69, 9.17) is 4.74 Å². The first-order valence-electron chi connectivity index (χ1n) is 4.75. The summed E-state index contributed by atoms with van der Waals surface area (Å²) in [6, 6.07) is 7.01. The SMILES string of the molecule is CC.O=C1CC(O)c2ccccc2O1. The van der Waals surface area contributed by atoms with E-state index in [1.54, 1.807) is 24.3 Å². The molecule has 0 spiro atoms. The molecule has 1 aromatic carbocycles. The Balaban J connectivity index is 0.000000461. The molecule has 0 amide bonds. The van der Waals surface area contributed by atoms with Gasteiger partial charge in [0.25, 0.3) is 0 Å². The third kappa shape index (κ3) is 2.12. The van der Waals surface area contributed by atoms with Crippen molar-refractivity contribution in [1.82, 2.24) is 0 Å². The minimum Gasteiger partial charge on any atom is -0.426 e. The number of hydrogen-bond acceptors (Lipinski definition) is 3. The smallest absolute Gasteiger partial charge is 0.314 e. The normalized spacial score (nSPS) is 18.8. The summed E-state index contributed by atoms with van der Waals surface area (Å²) in [5, 5.41) is 9.43. The molecule has 3 heteroatoms. The zero-order valence-electron chi connectivity index (χ0n) is 8.36. The minimum atomic E-state index is -0.706. The fraction of sp³-hybridized carbons (Fsp3) is 0.364. The highest BCUT2D eigenvalue weighted by Gasteiger charge is 2.24. The second-order valence-electron chi connectivity index (χ2n) is 2.73. The van der Waals surface area contributed by atoms with E-state index in [9.17, 15) is 9.90 Å². The highest BCUT2D eigenvalue weighted by atomic mass is 16.5. The van der Waals surface area contributed by atoms with Crippen molar-refractivity contribution in [2.45, 2.75) is 26.4 Å². The van der Waals surface area contributed by atoms with Gasteiger partial charge >= 0.3 is 5.97 Å². The number of carbonyl (C=O) groups is 1. The topological polar surface area (TPSA) is 46.5 Å². The lowest BCUT2D eigenvalue weighted by molar-refractivity contribution is -0.138. The van der Waals surface area contributed by atoms with Crippen LogP contribution in [0, 0.1) is 0 Å². The lowest BCUT2D eigenvalue weighted by Gasteiger charge is -2.19. The highest BCUT2D eigenvalue weighted by molar-refractivity contribution is 5.75. The van der Waals surface area contributed by atoms with Crippen LogP contribution in [0.5, 0.6) is 5.75 Å². The number of aliphatic hydroxyl groups excluding tert-OH is 1. The number of ether oxygens (including phenoxy) is 1. The maximum atomic E-state index is 10.9. The van der Waals surface area contributed by atoms with Crippen molar-refractivity contribution in [3.8, 4) is 5.75 Å². The first kappa shape index (κ1) is 10.7. The van der Waals surface area contributed by atoms with Gasteiger partial charge in [0.1, 0.15) is 5.75 Å². The Morgan fingerprint density at radius 2 is 2.00 bits per heavy atom. The number of rotatable bonds is 0. The molecule has 0 aliphatic carbocycles. The van der Waals surface area contributed by atoms with Crippen molar-refractivity contribution in [3.63, 3.8) is 0 Å². The summed E-state index contributed by atoms with van der Waals surface area (Å²) in [5.41, 5.74) is 0.692. The van der Waals surface area contributed by atoms with E-state index in [0.29, 0.717) is 11.3 Å². The maximum absolute atomic E-state index is 10.9. The first-order chi connectivity index (χ1) is 6.77. The molecular weight excluding hydrogens is 180 g/mol. The van der Waals surface area contributed by atoms with Gasteiger partial charge in [-0.2, -0.15) is 0 Å². The van der Waals surface area contributed by atoms with Gasteiger partial charge in [0.15, 0.2) is 0 Å². The molecule has 0 radical (unpaired) electrons. The molecule has 2 rings (SSSR count). The summed E-state index contributed by atoms with van der Waals surface area (Å²) in [5.74, 6) is 0.0995. The van der Waals surface area contributed by atoms with E-state index < -0.39 is 6.10 Å². The van der Waals surface area contributed by atoms with E-state index in [1.807, 2.05) is 13.8 Å². The summed E-state index contributed by atoms with van der Waals surface area (Å²) in [6.45, 7) is 4.00. The van der Waals surface area contributed by atoms with E-state index in [-0.39, 0.29) is 12.4 Å². The number of aliphatic hydroxyl groups is 1. The molecule has 76 valence electrons. The van der Waals surface area contributed by atoms with Gasteiger partial charge in [0, 0.05) is 5.56 Å². The van der Waals surface area contributed by atoms with Gasteiger partial charge in [-0.05, 0) is 6.07 Å². The van der Waals surface area contributed by atoms with Crippen LogP contribution in [0.25, 0.3) is 0 Å². The molecule has 1 aromatic rings. The van der Waals surface area contributed by atoms with Crippen molar-refractivity contribution in [2.75, 3.05) is 0 Å². The van der Waals surface area contributed by atoms with Gasteiger partial charge in [-0.15, -0.1) is 0 Å². The number of carbonyl (C=O) groups excluding carboxylic acids is 1. The number of esters is 1. The number of hydrogen-bond donors (Lipinski definition) is 1. The second-order valence-corrected chi connectivity index (χ2v) is 2.73. The van der Waals surface area contributed by atoms with Crippen LogP contribution < -0.4 is 4.74 Å². The monoisotopic (exact) mass is 194 g/mol. The van der Waals surface area contributed by atoms with Gasteiger partial charge in [-0.3, -0.25) is 4.79 Å². The lowest BCUT2D eigenvalue weighted by Crippen LogP contribution is -2.19. The molecule has 14 heavy (non-hydrogen) atoms. The largest absolute Gasteiger partial charge is 0.426 e. The lowest BCUT2D eigenvalue weighted by atomic mass is 10.0. The molecule has 0 saturated heterocycles. The van der Waals surface area contributed by atoms with E-state index >= 15 is 0 Å². The zero-order chi connectivity index (χ0) is 10.6. The molecule has 0 aromatic heterocycles. The molecule has 1 unspecified atom stereocenters. The molecule has 1 atom stereocenters. The average molecular weight is 194 g/mol. The van der Waals surface area contributed by atoms with Crippen molar-refractivity contribution >= 4 is 5.97 Å². The van der Waals surface area contributed by atoms with Crippen LogP contribution >= 0.6 is 0 Å². The maximum Gasteiger partial charge on any atom is 0.314 e. The fourth-order valence-corrected chi connectivity index (χ4v) is 1.28. The number of para-hydroxylation sites is 1. The number of benzene rings is 1. The first-order valence-corrected chi connectivity index (χ1v) is 4.75. The van der Waals surface area contributed by atoms with E-state index in [0.717, 1.165) is 0 Å². The van der Waals surface area contributed by atoms with Crippen molar-refractivity contribution in [2.24, 2.45) is 0 Å². The second kappa shape index (κ2) is 4.77. The summed E-state index contributed by atoms with van der Waals surface area (Å²) in [7, 11) is 0. The summed E-state index contributed by atoms with van der Waals surface area (Å²) in [6.07, 6.45) is -0.653. The van der Waals surface area contributed by atoms with Gasteiger partial charge in [0.2, 0.25) is 0 Å². The number of fused-ring (bicyclic) bond motifs is 1. The van der Waals surface area contributed by atoms with Crippen molar-refractivity contribution in [1.29, 1.82) is 0 Å². The highest BCUT2D eigenvalue weighted by Crippen LogP contribution is 2.31. The molecule has 1 aliphatic rings. The summed E-state index contributed by atoms with van der Waals surface area (Å²) < 4.78 is 4.90. The Kier molecular flexibility index (Phi) is 3.65. The van der Waals surface area contributed by atoms with E-state index in [2.05, 4.69) is 0 Å². The predicted octanol–water partition coefficient (Wildman–Crippen LogP) is 2.06. The van der Waals surface area contributed by atoms with Gasteiger partial charge in [-0.1, -0.05) is 32.0 Å². The molecular formula is C11H14O3. The molecule has 1 heterocycles. The Bertz CT molecular complexity index is 320. The third-order valence-corrected chi connectivity index (χ3v) is 1.86. The van der Waals surface area contributed by atoms with Gasteiger partial charge in [0.05, 0.1) is 12.5 Å². The van der Waals surface area contributed by atoms with Crippen LogP contribution in [0.2, 0.25) is 0 Å². The van der Waals surface area contributed by atoms with E-state index in [1.165, 1.54) is 0 Å². The Hall–Kier alpha value is -1.35. The van der Waals surface area contributed by atoms with Crippen molar-refractivity contribution in [3.05, 3.63) is 29.8 Å². The molecule has 0 bridgehead atoms. The molecule has 0 saturated carbocycles. The molecule has 1 aliphatic heterocycles. The van der Waals surface area contributed by atoms with Crippen LogP contribution in [0.15, 0.2) is 24.3 Å². The van der Waals surface area contributed by atoms with Crippen LogP contribution in [-0.4, -0.2) is 11.1 Å². The quantitative estimate of drug-likeness (QED) is 0.508. The van der Waals surface area contributed by atoms with Crippen molar-refractivity contribution < 1.29 is 14.6 Å². The van der Waals surface area contributed by atoms with Crippen LogP contribution in [0.4, 0.5) is 0 Å².